The fraction of sp³-hybridized carbons (Fsp3) is 0.710. The maximum atomic E-state index is 13.2. The molecule has 21 nitrogen and oxygen atoms in total. The van der Waals surface area contributed by atoms with Gasteiger partial charge in [-0.15, -0.1) is 0 Å². The van der Waals surface area contributed by atoms with Gasteiger partial charge in [0, 0.05) is 0 Å². The Hall–Kier alpha value is -4.89. The number of hydrogen-bond acceptors (Lipinski definition) is 12. The van der Waals surface area contributed by atoms with Crippen LogP contribution in [0.3, 0.4) is 0 Å². The Balaban J connectivity index is 5.55. The molecule has 21 heteroatoms. The maximum Gasteiger partial charge on any atom is 0.326 e. The first kappa shape index (κ1) is 47.1. The molecule has 8 amide bonds. The number of nitrogens with two attached hydrogens (primary N) is 3. The molecule has 52 heavy (non-hydrogen) atoms. The highest BCUT2D eigenvalue weighted by molar-refractivity contribution is 5.97. The maximum absolute atomic E-state index is 13.2. The zero-order chi connectivity index (χ0) is 40.1. The van der Waals surface area contributed by atoms with E-state index in [9.17, 15) is 53.4 Å². The number of aliphatic carboxylic acids is 1. The van der Waals surface area contributed by atoms with Crippen molar-refractivity contribution in [3.05, 3.63) is 0 Å². The lowest BCUT2D eigenvalue weighted by Gasteiger charge is -2.24. The second-order valence-corrected chi connectivity index (χ2v) is 12.6. The molecule has 0 heterocycles. The molecule has 0 aliphatic rings. The third-order valence-electron chi connectivity index (χ3n) is 7.87. The molecule has 0 aliphatic heterocycles. The average molecular weight is 745 g/mol. The Labute approximate surface area is 302 Å². The first-order chi connectivity index (χ1) is 24.3. The fourth-order valence-electron chi connectivity index (χ4n) is 4.35. The van der Waals surface area contributed by atoms with Crippen LogP contribution < -0.4 is 54.4 Å². The van der Waals surface area contributed by atoms with E-state index < -0.39 is 116 Å². The molecule has 0 aromatic heterocycles. The zero-order valence-corrected chi connectivity index (χ0v) is 30.3. The molecular formula is C31H56N10O11. The van der Waals surface area contributed by atoms with Crippen molar-refractivity contribution in [3.8, 4) is 0 Å². The van der Waals surface area contributed by atoms with Crippen LogP contribution in [-0.4, -0.2) is 126 Å². The smallest absolute Gasteiger partial charge is 0.326 e. The number of nitrogens with one attached hydrogen (secondary N) is 7. The highest BCUT2D eigenvalue weighted by Crippen LogP contribution is 2.08. The summed E-state index contributed by atoms with van der Waals surface area (Å²) in [5.74, 6) is -8.91. The van der Waals surface area contributed by atoms with E-state index in [2.05, 4.69) is 37.2 Å². The number of rotatable bonds is 25. The van der Waals surface area contributed by atoms with Gasteiger partial charge in [0.2, 0.25) is 47.3 Å². The van der Waals surface area contributed by atoms with E-state index in [1.807, 2.05) is 0 Å². The van der Waals surface area contributed by atoms with Gasteiger partial charge in [0.15, 0.2) is 0 Å². The molecule has 0 fully saturated rings. The van der Waals surface area contributed by atoms with E-state index in [-0.39, 0.29) is 24.8 Å². The largest absolute Gasteiger partial charge is 0.480 e. The molecule has 15 N–H and O–H groups in total. The highest BCUT2D eigenvalue weighted by Gasteiger charge is 2.32. The molecule has 0 radical (unpaired) electrons. The Morgan fingerprint density at radius 2 is 1.21 bits per heavy atom. The number of carbonyl (C=O) groups excluding carboxylic acids is 8. The molecule has 0 unspecified atom stereocenters. The molecule has 0 saturated carbocycles. The lowest BCUT2D eigenvalue weighted by molar-refractivity contribution is -0.143. The SMILES string of the molecule is CC[C@H](C)[C@H](NC(=O)[C@H](C)NC(=O)CNC(=O)[C@H](CCCCN)NC(=O)[C@H](CC(N)=O)NC(=O)[C@H](CO)NC(=O)CNC(=O)[C@@H](N)C(C)C)C(=O)O. The predicted molar refractivity (Wildman–Crippen MR) is 185 cm³/mol. The van der Waals surface area contributed by atoms with Crippen LogP contribution in [0, 0.1) is 11.8 Å². The standard InChI is InChI=1S/C31H56N10O11/c1-6-16(4)25(31(51)52)41-26(46)17(5)37-22(44)12-35-27(47)18(9-7-8-10-32)39-28(48)19(11-21(33)43)40-29(49)20(14-42)38-23(45)13-36-30(50)24(34)15(2)3/h15-20,24-25,42H,6-14,32,34H2,1-5H3,(H2,33,43)(H,35,47)(H,36,50)(H,37,44)(H,38,45)(H,39,48)(H,40,49)(H,41,46)(H,51,52)/t16-,17-,18-,19-,20-,24-,25-/m0/s1. The molecule has 0 spiro atoms. The molecule has 7 atom stereocenters. The summed E-state index contributed by atoms with van der Waals surface area (Å²) < 4.78 is 0. The van der Waals surface area contributed by atoms with E-state index in [1.54, 1.807) is 27.7 Å². The number of carboxylic acids is 1. The monoisotopic (exact) mass is 744 g/mol. The minimum atomic E-state index is -1.67. The second kappa shape index (κ2) is 24.3. The number of aliphatic hydroxyl groups excluding tert-OH is 1. The molecule has 0 aliphatic carbocycles. The van der Waals surface area contributed by atoms with Crippen LogP contribution >= 0.6 is 0 Å². The molecule has 0 aromatic carbocycles. The van der Waals surface area contributed by atoms with Gasteiger partial charge in [-0.05, 0) is 44.6 Å². The summed E-state index contributed by atoms with van der Waals surface area (Å²) in [4.78, 5) is 112. The first-order valence-corrected chi connectivity index (χ1v) is 16.9. The first-order valence-electron chi connectivity index (χ1n) is 16.9. The van der Waals surface area contributed by atoms with Crippen molar-refractivity contribution in [2.75, 3.05) is 26.2 Å². The Morgan fingerprint density at radius 1 is 0.673 bits per heavy atom. The summed E-state index contributed by atoms with van der Waals surface area (Å²) in [6, 6.07) is -7.84. The lowest BCUT2D eigenvalue weighted by Crippen LogP contribution is -2.59. The minimum Gasteiger partial charge on any atom is -0.480 e. The normalized spacial score (nSPS) is 14.9. The second-order valence-electron chi connectivity index (χ2n) is 12.6. The number of hydrogen-bond donors (Lipinski definition) is 12. The number of carboxylic acid groups (broad SMARTS) is 1. The summed E-state index contributed by atoms with van der Waals surface area (Å²) in [6.07, 6.45) is 0.528. The van der Waals surface area contributed by atoms with Gasteiger partial charge in [-0.25, -0.2) is 4.79 Å². The number of unbranched alkanes of at least 4 members (excludes halogenated alkanes) is 1. The van der Waals surface area contributed by atoms with Crippen LogP contribution in [0.2, 0.25) is 0 Å². The van der Waals surface area contributed by atoms with E-state index in [0.29, 0.717) is 19.3 Å². The topological polar surface area (TPSA) is 356 Å². The van der Waals surface area contributed by atoms with Gasteiger partial charge in [0.05, 0.1) is 32.2 Å². The Morgan fingerprint density at radius 3 is 1.71 bits per heavy atom. The number of carbonyl (C=O) groups is 9. The van der Waals surface area contributed by atoms with Crippen molar-refractivity contribution in [2.45, 2.75) is 103 Å². The molecule has 296 valence electrons. The average Bonchev–Trinajstić information content (AvgIpc) is 3.08. The number of aliphatic hydroxyl groups is 1. The van der Waals surface area contributed by atoms with E-state index in [1.165, 1.54) is 6.92 Å². The Bertz CT molecular complexity index is 1270. The van der Waals surface area contributed by atoms with Crippen molar-refractivity contribution in [1.82, 2.24) is 37.2 Å². The molecule has 0 saturated heterocycles. The highest BCUT2D eigenvalue weighted by atomic mass is 16.4. The third kappa shape index (κ3) is 17.9. The molecular weight excluding hydrogens is 688 g/mol. The van der Waals surface area contributed by atoms with Gasteiger partial charge < -0.3 is 64.6 Å². The van der Waals surface area contributed by atoms with Crippen LogP contribution in [0.1, 0.15) is 66.7 Å². The van der Waals surface area contributed by atoms with Gasteiger partial charge in [0.25, 0.3) is 0 Å². The van der Waals surface area contributed by atoms with E-state index in [0.717, 1.165) is 0 Å². The molecule has 0 aromatic rings. The number of primary amides is 1. The summed E-state index contributed by atoms with van der Waals surface area (Å²) >= 11 is 0. The minimum absolute atomic E-state index is 0.0140. The third-order valence-corrected chi connectivity index (χ3v) is 7.87. The van der Waals surface area contributed by atoms with Crippen molar-refractivity contribution >= 4 is 53.2 Å². The van der Waals surface area contributed by atoms with Crippen LogP contribution in [0.4, 0.5) is 0 Å². The van der Waals surface area contributed by atoms with Gasteiger partial charge in [-0.3, -0.25) is 38.4 Å². The van der Waals surface area contributed by atoms with Crippen molar-refractivity contribution < 1.29 is 53.4 Å². The van der Waals surface area contributed by atoms with Gasteiger partial charge in [0.1, 0.15) is 30.2 Å². The van der Waals surface area contributed by atoms with Crippen LogP contribution in [0.5, 0.6) is 0 Å². The summed E-state index contributed by atoms with van der Waals surface area (Å²) in [6.45, 7) is 6.22. The van der Waals surface area contributed by atoms with Crippen LogP contribution in [0.15, 0.2) is 0 Å². The van der Waals surface area contributed by atoms with Crippen molar-refractivity contribution in [1.29, 1.82) is 0 Å². The van der Waals surface area contributed by atoms with Crippen molar-refractivity contribution in [3.63, 3.8) is 0 Å². The molecule has 0 bridgehead atoms. The number of amides is 8. The predicted octanol–water partition coefficient (Wildman–Crippen LogP) is -5.23. The quantitative estimate of drug-likeness (QED) is 0.0389. The summed E-state index contributed by atoms with van der Waals surface area (Å²) in [5, 5.41) is 35.2. The van der Waals surface area contributed by atoms with E-state index in [4.69, 9.17) is 17.2 Å². The van der Waals surface area contributed by atoms with Gasteiger partial charge in [-0.2, -0.15) is 0 Å². The van der Waals surface area contributed by atoms with Crippen LogP contribution in [-0.2, 0) is 43.2 Å². The lowest BCUT2D eigenvalue weighted by atomic mass is 9.99. The summed E-state index contributed by atoms with van der Waals surface area (Å²) in [7, 11) is 0. The van der Waals surface area contributed by atoms with E-state index >= 15 is 0 Å². The van der Waals surface area contributed by atoms with Gasteiger partial charge >= 0.3 is 5.97 Å². The molecule has 0 rings (SSSR count). The fourth-order valence-corrected chi connectivity index (χ4v) is 4.35. The zero-order valence-electron chi connectivity index (χ0n) is 30.3. The van der Waals surface area contributed by atoms with Crippen molar-refractivity contribution in [2.24, 2.45) is 29.0 Å². The Kier molecular flexibility index (Phi) is 22.0. The van der Waals surface area contributed by atoms with Gasteiger partial charge in [-0.1, -0.05) is 34.1 Å². The van der Waals surface area contributed by atoms with Crippen LogP contribution in [0.25, 0.3) is 0 Å². The summed E-state index contributed by atoms with van der Waals surface area (Å²) in [5.41, 5.74) is 16.5.